The number of carbonyl (C=O) groups excluding carboxylic acids is 1. The lowest BCUT2D eigenvalue weighted by Crippen LogP contribution is -2.32. The quantitative estimate of drug-likeness (QED) is 0.513. The van der Waals surface area contributed by atoms with E-state index in [4.69, 9.17) is 0 Å². The van der Waals surface area contributed by atoms with E-state index in [9.17, 15) is 13.2 Å². The maximum absolute atomic E-state index is 13.2. The normalized spacial score (nSPS) is 14.3. The molecule has 1 aliphatic heterocycles. The van der Waals surface area contributed by atoms with Gasteiger partial charge in [-0.3, -0.25) is 4.79 Å². The second-order valence-electron chi connectivity index (χ2n) is 8.27. The van der Waals surface area contributed by atoms with Gasteiger partial charge in [-0.15, -0.1) is 11.3 Å². The van der Waals surface area contributed by atoms with Crippen LogP contribution in [0.4, 0.5) is 5.69 Å². The highest BCUT2D eigenvalue weighted by Gasteiger charge is 2.20. The number of para-hydroxylation sites is 1. The van der Waals surface area contributed by atoms with Crippen molar-refractivity contribution in [3.8, 4) is 0 Å². The molecular formula is C25H29N3O3S2. The van der Waals surface area contributed by atoms with Crippen LogP contribution in [0.5, 0.6) is 0 Å². The maximum atomic E-state index is 13.2. The molecule has 4 rings (SSSR count). The molecule has 1 aliphatic rings. The molecule has 8 heteroatoms. The van der Waals surface area contributed by atoms with Crippen molar-refractivity contribution >= 4 is 33.0 Å². The highest BCUT2D eigenvalue weighted by Crippen LogP contribution is 2.25. The summed E-state index contributed by atoms with van der Waals surface area (Å²) in [5, 5.41) is 1.90. The number of anilines is 1. The molecule has 2 aromatic carbocycles. The monoisotopic (exact) mass is 483 g/mol. The molecule has 0 bridgehead atoms. The molecule has 1 amide bonds. The summed E-state index contributed by atoms with van der Waals surface area (Å²) in [4.78, 5) is 18.2. The van der Waals surface area contributed by atoms with Crippen molar-refractivity contribution in [2.75, 3.05) is 25.0 Å². The molecule has 0 unspecified atom stereocenters. The van der Waals surface area contributed by atoms with Gasteiger partial charge in [0.05, 0.1) is 4.90 Å². The van der Waals surface area contributed by atoms with Gasteiger partial charge < -0.3 is 9.80 Å². The van der Waals surface area contributed by atoms with E-state index in [-0.39, 0.29) is 17.3 Å². The van der Waals surface area contributed by atoms with Crippen LogP contribution in [-0.4, -0.2) is 39.4 Å². The van der Waals surface area contributed by atoms with E-state index < -0.39 is 10.0 Å². The molecule has 33 heavy (non-hydrogen) atoms. The van der Waals surface area contributed by atoms with Crippen LogP contribution in [-0.2, 0) is 23.1 Å². The first-order chi connectivity index (χ1) is 15.9. The van der Waals surface area contributed by atoms with Crippen LogP contribution in [0.3, 0.4) is 0 Å². The molecular weight excluding hydrogens is 454 g/mol. The van der Waals surface area contributed by atoms with Crippen LogP contribution in [0.1, 0.15) is 40.1 Å². The Kier molecular flexibility index (Phi) is 7.47. The van der Waals surface area contributed by atoms with Gasteiger partial charge in [-0.2, -0.15) is 0 Å². The first kappa shape index (κ1) is 23.5. The maximum Gasteiger partial charge on any atom is 0.253 e. The molecule has 1 saturated heterocycles. The van der Waals surface area contributed by atoms with E-state index in [2.05, 4.69) is 21.8 Å². The van der Waals surface area contributed by atoms with Crippen LogP contribution < -0.4 is 9.62 Å². The van der Waals surface area contributed by atoms with Gasteiger partial charge in [0.2, 0.25) is 10.0 Å². The van der Waals surface area contributed by atoms with Crippen LogP contribution in [0.25, 0.3) is 0 Å². The lowest BCUT2D eigenvalue weighted by atomic mass is 10.1. The fourth-order valence-electron chi connectivity index (χ4n) is 4.09. The second-order valence-corrected chi connectivity index (χ2v) is 11.1. The lowest BCUT2D eigenvalue weighted by molar-refractivity contribution is 0.0785. The fraction of sp³-hybridized carbons (Fsp3) is 0.320. The summed E-state index contributed by atoms with van der Waals surface area (Å²) < 4.78 is 28.1. The largest absolute Gasteiger partial charge is 0.371 e. The first-order valence-electron chi connectivity index (χ1n) is 11.1. The number of amides is 1. The average molecular weight is 484 g/mol. The number of sulfonamides is 1. The van der Waals surface area contributed by atoms with E-state index in [1.807, 2.05) is 29.6 Å². The minimum Gasteiger partial charge on any atom is -0.371 e. The van der Waals surface area contributed by atoms with Crippen LogP contribution in [0, 0.1) is 0 Å². The van der Waals surface area contributed by atoms with Crippen LogP contribution in [0.2, 0.25) is 0 Å². The van der Waals surface area contributed by atoms with Crippen molar-refractivity contribution in [2.45, 2.75) is 37.2 Å². The lowest BCUT2D eigenvalue weighted by Gasteiger charge is -2.31. The molecule has 174 valence electrons. The van der Waals surface area contributed by atoms with Crippen LogP contribution in [0.15, 0.2) is 70.9 Å². The third-order valence-electron chi connectivity index (χ3n) is 5.85. The average Bonchev–Trinajstić information content (AvgIpc) is 3.37. The highest BCUT2D eigenvalue weighted by molar-refractivity contribution is 7.89. The summed E-state index contributed by atoms with van der Waals surface area (Å²) in [6.45, 7) is 2.75. The van der Waals surface area contributed by atoms with Gasteiger partial charge in [0, 0.05) is 49.4 Å². The minimum absolute atomic E-state index is 0.0898. The molecule has 1 aromatic heterocycles. The number of thiophene rings is 1. The number of nitrogens with one attached hydrogen (secondary N) is 1. The third-order valence-corrected chi connectivity index (χ3v) is 8.13. The summed E-state index contributed by atoms with van der Waals surface area (Å²) in [6.07, 6.45) is 3.63. The van der Waals surface area contributed by atoms with Crippen molar-refractivity contribution < 1.29 is 13.2 Å². The van der Waals surface area contributed by atoms with Gasteiger partial charge in [-0.25, -0.2) is 13.1 Å². The number of hydrogen-bond acceptors (Lipinski definition) is 5. The molecule has 3 aromatic rings. The van der Waals surface area contributed by atoms with Gasteiger partial charge in [0.25, 0.3) is 5.91 Å². The molecule has 0 atom stereocenters. The van der Waals surface area contributed by atoms with Crippen molar-refractivity contribution in [1.29, 1.82) is 0 Å². The smallest absolute Gasteiger partial charge is 0.253 e. The van der Waals surface area contributed by atoms with Gasteiger partial charge in [-0.1, -0.05) is 30.3 Å². The van der Waals surface area contributed by atoms with Crippen molar-refractivity contribution in [3.05, 3.63) is 82.0 Å². The molecule has 1 N–H and O–H groups in total. The Morgan fingerprint density at radius 3 is 2.58 bits per heavy atom. The molecule has 1 fully saturated rings. The second kappa shape index (κ2) is 10.5. The van der Waals surface area contributed by atoms with Crippen molar-refractivity contribution in [2.24, 2.45) is 0 Å². The Balaban J connectivity index is 1.47. The van der Waals surface area contributed by atoms with Gasteiger partial charge >= 0.3 is 0 Å². The summed E-state index contributed by atoms with van der Waals surface area (Å²) in [5.41, 5.74) is 2.62. The minimum atomic E-state index is -3.72. The number of hydrogen-bond donors (Lipinski definition) is 1. The molecule has 6 nitrogen and oxygen atoms in total. The summed E-state index contributed by atoms with van der Waals surface area (Å²) in [6, 6.07) is 18.2. The number of carbonyl (C=O) groups is 1. The fourth-order valence-corrected chi connectivity index (χ4v) is 5.88. The van der Waals surface area contributed by atoms with Gasteiger partial charge in [-0.05, 0) is 60.5 Å². The zero-order valence-electron chi connectivity index (χ0n) is 18.7. The Hall–Kier alpha value is -2.68. The number of piperidine rings is 1. The van der Waals surface area contributed by atoms with E-state index in [0.29, 0.717) is 12.1 Å². The van der Waals surface area contributed by atoms with E-state index >= 15 is 0 Å². The Labute approximate surface area is 199 Å². The van der Waals surface area contributed by atoms with E-state index in [1.54, 1.807) is 24.1 Å². The number of nitrogens with zero attached hydrogens (tertiary/aromatic N) is 2. The first-order valence-corrected chi connectivity index (χ1v) is 13.5. The SMILES string of the molecule is CN(Cc1ccccc1N1CCCCC1)C(=O)c1cccc(S(=O)(=O)NCc2cccs2)c1. The van der Waals surface area contributed by atoms with Gasteiger partial charge in [0.1, 0.15) is 0 Å². The number of rotatable bonds is 8. The van der Waals surface area contributed by atoms with E-state index in [1.165, 1.54) is 48.4 Å². The third kappa shape index (κ3) is 5.82. The topological polar surface area (TPSA) is 69.7 Å². The summed E-state index contributed by atoms with van der Waals surface area (Å²) in [7, 11) is -1.96. The predicted molar refractivity (Wildman–Crippen MR) is 133 cm³/mol. The Morgan fingerprint density at radius 2 is 1.82 bits per heavy atom. The zero-order valence-corrected chi connectivity index (χ0v) is 20.4. The molecule has 2 heterocycles. The summed E-state index contributed by atoms with van der Waals surface area (Å²) in [5.74, 6) is -0.209. The standard InChI is InChI=1S/C25H29N3O3S2/c1-27(19-21-9-3-4-13-24(21)28-14-5-2-6-15-28)25(29)20-10-7-12-23(17-20)33(30,31)26-18-22-11-8-16-32-22/h3-4,7-13,16-17,26H,2,5-6,14-15,18-19H2,1H3. The van der Waals surface area contributed by atoms with Crippen LogP contribution >= 0.6 is 11.3 Å². The van der Waals surface area contributed by atoms with Crippen molar-refractivity contribution in [1.82, 2.24) is 9.62 Å². The number of benzene rings is 2. The predicted octanol–water partition coefficient (Wildman–Crippen LogP) is 4.49. The molecule has 0 saturated carbocycles. The molecule has 0 spiro atoms. The zero-order chi connectivity index (χ0) is 23.3. The van der Waals surface area contributed by atoms with Crippen molar-refractivity contribution in [3.63, 3.8) is 0 Å². The van der Waals surface area contributed by atoms with Gasteiger partial charge in [0.15, 0.2) is 0 Å². The summed E-state index contributed by atoms with van der Waals surface area (Å²) >= 11 is 1.49. The Bertz CT molecular complexity index is 1190. The molecule has 0 radical (unpaired) electrons. The molecule has 0 aliphatic carbocycles. The highest BCUT2D eigenvalue weighted by atomic mass is 32.2. The Morgan fingerprint density at radius 1 is 1.03 bits per heavy atom. The van der Waals surface area contributed by atoms with E-state index in [0.717, 1.165) is 23.5 Å².